The minimum absolute atomic E-state index is 0.00110. The summed E-state index contributed by atoms with van der Waals surface area (Å²) in [5.41, 5.74) is 1.13. The lowest BCUT2D eigenvalue weighted by atomic mass is 9.83. The first-order valence-electron chi connectivity index (χ1n) is 14.0. The third-order valence-corrected chi connectivity index (χ3v) is 8.46. The minimum Gasteiger partial charge on any atom is -0.497 e. The quantitative estimate of drug-likeness (QED) is 0.259. The number of benzene rings is 4. The Morgan fingerprint density at radius 3 is 2.42 bits per heavy atom. The normalized spacial score (nSPS) is 17.2. The third-order valence-electron chi connectivity index (χ3n) is 8.46. The molecule has 214 valence electrons. The van der Waals surface area contributed by atoms with Crippen molar-refractivity contribution in [2.45, 2.75) is 25.4 Å². The monoisotopic (exact) mass is 574 g/mol. The predicted octanol–water partition coefficient (Wildman–Crippen LogP) is 5.74. The Balaban J connectivity index is 1.44. The molecule has 0 saturated heterocycles. The van der Waals surface area contributed by atoms with E-state index in [4.69, 9.17) is 9.15 Å². The lowest BCUT2D eigenvalue weighted by Crippen LogP contribution is -2.53. The van der Waals surface area contributed by atoms with E-state index in [0.29, 0.717) is 34.4 Å². The van der Waals surface area contributed by atoms with E-state index in [2.05, 4.69) is 0 Å². The van der Waals surface area contributed by atoms with Crippen molar-refractivity contribution in [1.82, 2.24) is 4.90 Å². The molecule has 2 aliphatic heterocycles. The van der Waals surface area contributed by atoms with Gasteiger partial charge in [0, 0.05) is 17.7 Å². The highest BCUT2D eigenvalue weighted by molar-refractivity contribution is 6.17. The largest absolute Gasteiger partial charge is 0.497 e. The average Bonchev–Trinajstić information content (AvgIpc) is 3.41. The Labute approximate surface area is 246 Å². The first-order chi connectivity index (χ1) is 20.8. The highest BCUT2D eigenvalue weighted by atomic mass is 19.1. The summed E-state index contributed by atoms with van der Waals surface area (Å²) in [5, 5.41) is 0.292. The van der Waals surface area contributed by atoms with Gasteiger partial charge in [0.1, 0.15) is 17.1 Å². The molecule has 43 heavy (non-hydrogen) atoms. The van der Waals surface area contributed by atoms with Crippen LogP contribution in [-0.4, -0.2) is 30.4 Å². The topological polar surface area (TPSA) is 80.1 Å². The molecule has 8 heteroatoms. The summed E-state index contributed by atoms with van der Waals surface area (Å²) >= 11 is 0. The average molecular weight is 575 g/mol. The van der Waals surface area contributed by atoms with Crippen LogP contribution in [0.4, 0.5) is 10.1 Å². The van der Waals surface area contributed by atoms with Crippen molar-refractivity contribution in [3.8, 4) is 5.75 Å². The van der Waals surface area contributed by atoms with Crippen LogP contribution in [-0.2, 0) is 23.3 Å². The van der Waals surface area contributed by atoms with Crippen LogP contribution in [0.5, 0.6) is 5.75 Å². The summed E-state index contributed by atoms with van der Waals surface area (Å²) in [5.74, 6) is -0.941. The molecule has 0 saturated carbocycles. The number of carbonyl (C=O) groups excluding carboxylic acids is 2. The van der Waals surface area contributed by atoms with Crippen LogP contribution >= 0.6 is 0 Å². The van der Waals surface area contributed by atoms with Crippen LogP contribution in [0.15, 0.2) is 100 Å². The Morgan fingerprint density at radius 1 is 0.907 bits per heavy atom. The first kappa shape index (κ1) is 26.6. The number of methoxy groups -OCH3 is 1. The molecule has 4 aromatic carbocycles. The highest BCUT2D eigenvalue weighted by Crippen LogP contribution is 2.53. The number of hydrogen-bond donors (Lipinski definition) is 0. The Kier molecular flexibility index (Phi) is 6.16. The molecule has 2 aliphatic rings. The molecule has 0 N–H and O–H groups in total. The molecule has 0 radical (unpaired) electrons. The highest BCUT2D eigenvalue weighted by Gasteiger charge is 2.64. The fraction of sp³-hybridized carbons (Fsp3) is 0.171. The Hall–Kier alpha value is -5.24. The second-order valence-electron chi connectivity index (χ2n) is 10.9. The number of hydrogen-bond acceptors (Lipinski definition) is 5. The second kappa shape index (κ2) is 9.94. The SMILES string of the molecule is COc1ccc(CCN2C(=O)c3oc4ccc(C)cc4c(=O)c3C23C(=O)N(Cc2ccccc2F)c2ccccc23)cc1. The Bertz CT molecular complexity index is 2000. The number of ether oxygens (including phenoxy) is 1. The molecular formula is C35H27FN2O5. The molecule has 0 fully saturated rings. The molecule has 1 spiro atoms. The number of nitrogens with zero attached hydrogens (tertiary/aromatic N) is 2. The van der Waals surface area contributed by atoms with Crippen LogP contribution in [0, 0.1) is 12.7 Å². The number of aryl methyl sites for hydroxylation is 1. The number of anilines is 1. The van der Waals surface area contributed by atoms with E-state index in [1.54, 1.807) is 67.8 Å². The van der Waals surface area contributed by atoms with Crippen LogP contribution in [0.3, 0.4) is 0 Å². The van der Waals surface area contributed by atoms with Crippen molar-refractivity contribution < 1.29 is 23.1 Å². The van der Waals surface area contributed by atoms with Gasteiger partial charge in [-0.25, -0.2) is 4.39 Å². The summed E-state index contributed by atoms with van der Waals surface area (Å²) in [6.45, 7) is 1.91. The number of carbonyl (C=O) groups is 2. The minimum atomic E-state index is -1.78. The van der Waals surface area contributed by atoms with Gasteiger partial charge >= 0.3 is 0 Å². The standard InChI is InChI=1S/C35H27FN2O5/c1-21-11-16-29-25(19-21)31(39)30-32(43-29)33(40)38(18-17-22-12-14-24(42-2)15-13-22)35(30)26-8-4-6-10-28(26)37(34(35)41)20-23-7-3-5-9-27(23)36/h3-16,19H,17-18,20H2,1-2H3. The zero-order valence-corrected chi connectivity index (χ0v) is 23.6. The number of halogens is 1. The van der Waals surface area contributed by atoms with E-state index in [0.717, 1.165) is 11.1 Å². The molecule has 1 unspecified atom stereocenters. The van der Waals surface area contributed by atoms with E-state index < -0.39 is 28.6 Å². The van der Waals surface area contributed by atoms with Crippen molar-refractivity contribution in [1.29, 1.82) is 0 Å². The van der Waals surface area contributed by atoms with Gasteiger partial charge in [0.2, 0.25) is 5.76 Å². The summed E-state index contributed by atoms with van der Waals surface area (Å²) in [7, 11) is 1.59. The van der Waals surface area contributed by atoms with Crippen LogP contribution in [0.1, 0.15) is 38.4 Å². The number of fused-ring (bicyclic) bond motifs is 5. The van der Waals surface area contributed by atoms with Crippen LogP contribution < -0.4 is 15.1 Å². The molecule has 1 aromatic heterocycles. The van der Waals surface area contributed by atoms with Gasteiger partial charge in [-0.1, -0.05) is 60.2 Å². The maximum absolute atomic E-state index is 14.9. The molecule has 0 bridgehead atoms. The van der Waals surface area contributed by atoms with Crippen molar-refractivity contribution in [3.63, 3.8) is 0 Å². The molecule has 0 aliphatic carbocycles. The second-order valence-corrected chi connectivity index (χ2v) is 10.9. The lowest BCUT2D eigenvalue weighted by molar-refractivity contribution is -0.126. The van der Waals surface area contributed by atoms with Crippen molar-refractivity contribution >= 4 is 28.5 Å². The summed E-state index contributed by atoms with van der Waals surface area (Å²) in [6, 6.07) is 26.0. The summed E-state index contributed by atoms with van der Waals surface area (Å²) in [4.78, 5) is 46.4. The zero-order chi connectivity index (χ0) is 29.9. The van der Waals surface area contributed by atoms with Gasteiger partial charge in [0.25, 0.3) is 11.8 Å². The van der Waals surface area contributed by atoms with E-state index in [-0.39, 0.29) is 30.0 Å². The van der Waals surface area contributed by atoms with Gasteiger partial charge in [-0.3, -0.25) is 14.4 Å². The molecule has 7 nitrogen and oxygen atoms in total. The van der Waals surface area contributed by atoms with Gasteiger partial charge in [0.05, 0.1) is 30.3 Å². The van der Waals surface area contributed by atoms with Crippen molar-refractivity contribution in [3.05, 3.63) is 141 Å². The molecule has 2 amide bonds. The maximum atomic E-state index is 14.9. The molecule has 5 aromatic rings. The van der Waals surface area contributed by atoms with E-state index in [1.165, 1.54) is 15.9 Å². The van der Waals surface area contributed by atoms with Crippen LogP contribution in [0.25, 0.3) is 11.0 Å². The van der Waals surface area contributed by atoms with Gasteiger partial charge in [-0.15, -0.1) is 0 Å². The molecule has 7 rings (SSSR count). The van der Waals surface area contributed by atoms with Crippen molar-refractivity contribution in [2.24, 2.45) is 0 Å². The molecule has 3 heterocycles. The molecular weight excluding hydrogens is 547 g/mol. The third kappa shape index (κ3) is 3.90. The molecule has 1 atom stereocenters. The smallest absolute Gasteiger partial charge is 0.291 e. The predicted molar refractivity (Wildman–Crippen MR) is 160 cm³/mol. The van der Waals surface area contributed by atoms with E-state index in [1.807, 2.05) is 31.2 Å². The fourth-order valence-corrected chi connectivity index (χ4v) is 6.39. The van der Waals surface area contributed by atoms with Crippen molar-refractivity contribution in [2.75, 3.05) is 18.6 Å². The van der Waals surface area contributed by atoms with E-state index in [9.17, 15) is 18.8 Å². The maximum Gasteiger partial charge on any atom is 0.291 e. The van der Waals surface area contributed by atoms with Gasteiger partial charge in [-0.05, 0) is 55.3 Å². The first-order valence-corrected chi connectivity index (χ1v) is 14.0. The lowest BCUT2D eigenvalue weighted by Gasteiger charge is -2.34. The summed E-state index contributed by atoms with van der Waals surface area (Å²) < 4.78 is 26.3. The zero-order valence-electron chi connectivity index (χ0n) is 23.6. The number of rotatable bonds is 6. The fourth-order valence-electron chi connectivity index (χ4n) is 6.39. The number of para-hydroxylation sites is 1. The van der Waals surface area contributed by atoms with Crippen LogP contribution in [0.2, 0.25) is 0 Å². The van der Waals surface area contributed by atoms with E-state index >= 15 is 0 Å². The Morgan fingerprint density at radius 2 is 1.65 bits per heavy atom. The van der Waals surface area contributed by atoms with Gasteiger partial charge in [0.15, 0.2) is 11.0 Å². The van der Waals surface area contributed by atoms with Gasteiger partial charge in [-0.2, -0.15) is 0 Å². The number of amides is 2. The van der Waals surface area contributed by atoms with Gasteiger partial charge < -0.3 is 19.0 Å². The summed E-state index contributed by atoms with van der Waals surface area (Å²) in [6.07, 6.45) is 0.404.